The van der Waals surface area contributed by atoms with E-state index in [4.69, 9.17) is 5.26 Å². The van der Waals surface area contributed by atoms with Crippen molar-refractivity contribution in [3.05, 3.63) is 53.6 Å². The number of hydrogen-bond donors (Lipinski definition) is 1. The quantitative estimate of drug-likeness (QED) is 0.846. The smallest absolute Gasteiger partial charge is 0.416 e. The maximum atomic E-state index is 12.4. The molecule has 1 N–H and O–H groups in total. The molecule has 0 amide bonds. The zero-order valence-electron chi connectivity index (χ0n) is 9.57. The van der Waals surface area contributed by atoms with E-state index in [0.29, 0.717) is 11.1 Å². The number of nitrogens with zero attached hydrogens (tertiary/aromatic N) is 1. The van der Waals surface area contributed by atoms with Crippen molar-refractivity contribution in [2.24, 2.45) is 0 Å². The molecule has 0 atom stereocenters. The largest absolute Gasteiger partial charge is 0.508 e. The minimum Gasteiger partial charge on any atom is -0.508 e. The van der Waals surface area contributed by atoms with Crippen LogP contribution in [0.5, 0.6) is 5.75 Å². The zero-order chi connectivity index (χ0) is 14.0. The number of nitriles is 1. The van der Waals surface area contributed by atoms with Crippen LogP contribution in [0.4, 0.5) is 13.2 Å². The highest BCUT2D eigenvalue weighted by molar-refractivity contribution is 5.67. The standard InChI is InChI=1S/C14H8F3NO/c15-14(16,17)12-3-1-10(2-4-12)11-5-9(8-18)6-13(19)7-11/h1-7,19H. The summed E-state index contributed by atoms with van der Waals surface area (Å²) < 4.78 is 37.3. The fourth-order valence-corrected chi connectivity index (χ4v) is 1.69. The Kier molecular flexibility index (Phi) is 3.17. The van der Waals surface area contributed by atoms with Gasteiger partial charge in [-0.15, -0.1) is 0 Å². The normalized spacial score (nSPS) is 11.1. The zero-order valence-corrected chi connectivity index (χ0v) is 9.57. The van der Waals surface area contributed by atoms with E-state index in [1.165, 1.54) is 30.3 Å². The van der Waals surface area contributed by atoms with Crippen LogP contribution in [0.15, 0.2) is 42.5 Å². The average Bonchev–Trinajstić information content (AvgIpc) is 2.37. The van der Waals surface area contributed by atoms with Gasteiger partial charge in [0.05, 0.1) is 17.2 Å². The Morgan fingerprint density at radius 3 is 2.11 bits per heavy atom. The summed E-state index contributed by atoms with van der Waals surface area (Å²) in [5, 5.41) is 18.2. The van der Waals surface area contributed by atoms with Crippen LogP contribution >= 0.6 is 0 Å². The van der Waals surface area contributed by atoms with Crippen molar-refractivity contribution in [2.45, 2.75) is 6.18 Å². The summed E-state index contributed by atoms with van der Waals surface area (Å²) in [6, 6.07) is 10.6. The third-order valence-electron chi connectivity index (χ3n) is 2.59. The molecule has 2 aromatic rings. The minimum absolute atomic E-state index is 0.103. The molecule has 0 fully saturated rings. The summed E-state index contributed by atoms with van der Waals surface area (Å²) >= 11 is 0. The van der Waals surface area contributed by atoms with Gasteiger partial charge < -0.3 is 5.11 Å². The molecule has 0 aliphatic rings. The van der Waals surface area contributed by atoms with Crippen molar-refractivity contribution in [1.82, 2.24) is 0 Å². The summed E-state index contributed by atoms with van der Waals surface area (Å²) in [7, 11) is 0. The third-order valence-corrected chi connectivity index (χ3v) is 2.59. The van der Waals surface area contributed by atoms with E-state index in [0.717, 1.165) is 12.1 Å². The van der Waals surface area contributed by atoms with Gasteiger partial charge in [0.1, 0.15) is 5.75 Å². The first-order valence-electron chi connectivity index (χ1n) is 5.32. The Morgan fingerprint density at radius 2 is 1.58 bits per heavy atom. The van der Waals surface area contributed by atoms with Gasteiger partial charge in [-0.2, -0.15) is 18.4 Å². The molecule has 0 aromatic heterocycles. The molecule has 0 spiro atoms. The van der Waals surface area contributed by atoms with Crippen LogP contribution in [0.2, 0.25) is 0 Å². The van der Waals surface area contributed by atoms with Crippen LogP contribution in [0.3, 0.4) is 0 Å². The van der Waals surface area contributed by atoms with E-state index >= 15 is 0 Å². The lowest BCUT2D eigenvalue weighted by molar-refractivity contribution is -0.137. The Balaban J connectivity index is 2.43. The molecule has 0 saturated carbocycles. The molecule has 0 aliphatic heterocycles. The topological polar surface area (TPSA) is 44.0 Å². The van der Waals surface area contributed by atoms with Crippen molar-refractivity contribution in [3.63, 3.8) is 0 Å². The van der Waals surface area contributed by atoms with Gasteiger partial charge in [0, 0.05) is 0 Å². The molecule has 0 unspecified atom stereocenters. The molecule has 0 radical (unpaired) electrons. The van der Waals surface area contributed by atoms with Gasteiger partial charge in [-0.3, -0.25) is 0 Å². The van der Waals surface area contributed by atoms with Gasteiger partial charge in [-0.05, 0) is 41.5 Å². The van der Waals surface area contributed by atoms with E-state index in [2.05, 4.69) is 0 Å². The predicted octanol–water partition coefficient (Wildman–Crippen LogP) is 3.95. The second-order valence-corrected chi connectivity index (χ2v) is 3.96. The second kappa shape index (κ2) is 4.65. The van der Waals surface area contributed by atoms with Crippen LogP contribution < -0.4 is 0 Å². The first-order chi connectivity index (χ1) is 8.90. The lowest BCUT2D eigenvalue weighted by Gasteiger charge is -2.08. The highest BCUT2D eigenvalue weighted by Crippen LogP contribution is 2.31. The highest BCUT2D eigenvalue weighted by atomic mass is 19.4. The number of halogens is 3. The summed E-state index contributed by atoms with van der Waals surface area (Å²) in [4.78, 5) is 0. The molecule has 2 aromatic carbocycles. The Hall–Kier alpha value is -2.48. The number of benzene rings is 2. The molecule has 0 saturated heterocycles. The lowest BCUT2D eigenvalue weighted by atomic mass is 10.0. The Bertz CT molecular complexity index is 639. The van der Waals surface area contributed by atoms with Crippen LogP contribution in [0.1, 0.15) is 11.1 Å². The van der Waals surface area contributed by atoms with Gasteiger partial charge in [0.15, 0.2) is 0 Å². The van der Waals surface area contributed by atoms with Gasteiger partial charge in [0.25, 0.3) is 0 Å². The van der Waals surface area contributed by atoms with Crippen molar-refractivity contribution >= 4 is 0 Å². The van der Waals surface area contributed by atoms with E-state index in [1.54, 1.807) is 0 Å². The number of phenolic OH excluding ortho intramolecular Hbond substituents is 1. The summed E-state index contributed by atoms with van der Waals surface area (Å²) in [6.07, 6.45) is -4.38. The first-order valence-corrected chi connectivity index (χ1v) is 5.32. The second-order valence-electron chi connectivity index (χ2n) is 3.96. The summed E-state index contributed by atoms with van der Waals surface area (Å²) in [6.45, 7) is 0. The van der Waals surface area contributed by atoms with E-state index in [-0.39, 0.29) is 11.3 Å². The molecule has 0 heterocycles. The fraction of sp³-hybridized carbons (Fsp3) is 0.0714. The SMILES string of the molecule is N#Cc1cc(O)cc(-c2ccc(C(F)(F)F)cc2)c1. The van der Waals surface area contributed by atoms with Crippen LogP contribution in [-0.2, 0) is 6.18 Å². The van der Waals surface area contributed by atoms with E-state index in [1.807, 2.05) is 6.07 Å². The molecule has 0 bridgehead atoms. The fourth-order valence-electron chi connectivity index (χ4n) is 1.69. The van der Waals surface area contributed by atoms with E-state index in [9.17, 15) is 18.3 Å². The van der Waals surface area contributed by atoms with Crippen molar-refractivity contribution in [2.75, 3.05) is 0 Å². The van der Waals surface area contributed by atoms with Crippen LogP contribution in [0, 0.1) is 11.3 Å². The van der Waals surface area contributed by atoms with Crippen LogP contribution in [0.25, 0.3) is 11.1 Å². The molecule has 19 heavy (non-hydrogen) atoms. The van der Waals surface area contributed by atoms with E-state index < -0.39 is 11.7 Å². The first kappa shape index (κ1) is 13.0. The number of rotatable bonds is 1. The molecule has 2 rings (SSSR count). The van der Waals surface area contributed by atoms with Gasteiger partial charge in [0.2, 0.25) is 0 Å². The average molecular weight is 263 g/mol. The maximum absolute atomic E-state index is 12.4. The third kappa shape index (κ3) is 2.86. The van der Waals surface area contributed by atoms with Crippen LogP contribution in [-0.4, -0.2) is 5.11 Å². The molecule has 5 heteroatoms. The van der Waals surface area contributed by atoms with Gasteiger partial charge >= 0.3 is 6.18 Å². The monoisotopic (exact) mass is 263 g/mol. The van der Waals surface area contributed by atoms with Crippen molar-refractivity contribution in [1.29, 1.82) is 5.26 Å². The highest BCUT2D eigenvalue weighted by Gasteiger charge is 2.29. The molecule has 2 nitrogen and oxygen atoms in total. The van der Waals surface area contributed by atoms with Gasteiger partial charge in [-0.1, -0.05) is 12.1 Å². The number of phenols is 1. The number of alkyl halides is 3. The maximum Gasteiger partial charge on any atom is 0.416 e. The summed E-state index contributed by atoms with van der Waals surface area (Å²) in [5.74, 6) is -0.103. The lowest BCUT2D eigenvalue weighted by Crippen LogP contribution is -2.03. The Labute approximate surface area is 107 Å². The number of aromatic hydroxyl groups is 1. The Morgan fingerprint density at radius 1 is 0.947 bits per heavy atom. The van der Waals surface area contributed by atoms with Crippen molar-refractivity contribution < 1.29 is 18.3 Å². The van der Waals surface area contributed by atoms with Gasteiger partial charge in [-0.25, -0.2) is 0 Å². The number of hydrogen-bond acceptors (Lipinski definition) is 2. The molecule has 96 valence electrons. The van der Waals surface area contributed by atoms with Crippen molar-refractivity contribution in [3.8, 4) is 22.9 Å². The predicted molar refractivity (Wildman–Crippen MR) is 63.3 cm³/mol. The minimum atomic E-state index is -4.38. The molecular weight excluding hydrogens is 255 g/mol. The molecule has 0 aliphatic carbocycles. The molecular formula is C14H8F3NO. The summed E-state index contributed by atoms with van der Waals surface area (Å²) in [5.41, 5.74) is 0.498.